The zero-order valence-electron chi connectivity index (χ0n) is 11.9. The largest absolute Gasteiger partial charge is 0.323 e. The van der Waals surface area contributed by atoms with E-state index < -0.39 is 0 Å². The van der Waals surface area contributed by atoms with Crippen molar-refractivity contribution >= 4 is 29.2 Å². The normalized spacial score (nSPS) is 14.2. The smallest absolute Gasteiger partial charge is 0.158 e. The lowest BCUT2D eigenvalue weighted by Gasteiger charge is -2.28. The van der Waals surface area contributed by atoms with Crippen LogP contribution in [0.15, 0.2) is 24.8 Å². The second-order valence-electron chi connectivity index (χ2n) is 5.23. The predicted molar refractivity (Wildman–Crippen MR) is 84.8 cm³/mol. The van der Waals surface area contributed by atoms with Crippen molar-refractivity contribution < 1.29 is 0 Å². The van der Waals surface area contributed by atoms with Gasteiger partial charge < -0.3 is 4.90 Å². The van der Waals surface area contributed by atoms with Gasteiger partial charge in [-0.2, -0.15) is 5.10 Å². The standard InChI is InChI=1S/C16H18ClN3/c1-4-14-12-6-5-9-20(16(12)18-19(14)3)15-8-7-11(2)10-13(15)17/h4,7-8,10H,1,5-6,9H2,2-3H3. The van der Waals surface area contributed by atoms with Gasteiger partial charge in [-0.25, -0.2) is 0 Å². The first kappa shape index (κ1) is 13.3. The Kier molecular flexibility index (Phi) is 3.30. The fourth-order valence-corrected chi connectivity index (χ4v) is 3.20. The first-order chi connectivity index (χ1) is 9.61. The van der Waals surface area contributed by atoms with Crippen LogP contribution in [0.3, 0.4) is 0 Å². The van der Waals surface area contributed by atoms with E-state index in [9.17, 15) is 0 Å². The summed E-state index contributed by atoms with van der Waals surface area (Å²) in [4.78, 5) is 2.22. The number of anilines is 2. The average molecular weight is 288 g/mol. The van der Waals surface area contributed by atoms with Gasteiger partial charge in [-0.05, 0) is 43.5 Å². The summed E-state index contributed by atoms with van der Waals surface area (Å²) in [7, 11) is 1.96. The molecule has 4 heteroatoms. The van der Waals surface area contributed by atoms with Gasteiger partial charge in [0.05, 0.1) is 16.4 Å². The molecular formula is C16H18ClN3. The van der Waals surface area contributed by atoms with Crippen molar-refractivity contribution in [2.75, 3.05) is 11.4 Å². The number of aromatic nitrogens is 2. The van der Waals surface area contributed by atoms with Crippen molar-refractivity contribution in [3.8, 4) is 0 Å². The van der Waals surface area contributed by atoms with Crippen molar-refractivity contribution in [1.29, 1.82) is 0 Å². The Bertz CT molecular complexity index is 673. The highest BCUT2D eigenvalue weighted by Gasteiger charge is 2.25. The molecule has 3 rings (SSSR count). The monoisotopic (exact) mass is 287 g/mol. The molecule has 0 unspecified atom stereocenters. The molecule has 0 amide bonds. The number of hydrogen-bond donors (Lipinski definition) is 0. The topological polar surface area (TPSA) is 21.1 Å². The fourth-order valence-electron chi connectivity index (χ4n) is 2.86. The van der Waals surface area contributed by atoms with Gasteiger partial charge in [0.15, 0.2) is 5.82 Å². The molecule has 0 radical (unpaired) electrons. The van der Waals surface area contributed by atoms with E-state index in [0.29, 0.717) is 0 Å². The third kappa shape index (κ3) is 2.02. The molecule has 0 atom stereocenters. The molecule has 0 aliphatic carbocycles. The molecule has 1 aromatic heterocycles. The first-order valence-corrected chi connectivity index (χ1v) is 7.21. The van der Waals surface area contributed by atoms with Crippen LogP contribution in [-0.2, 0) is 13.5 Å². The fraction of sp³-hybridized carbons (Fsp3) is 0.312. The average Bonchev–Trinajstić information content (AvgIpc) is 2.74. The molecule has 0 spiro atoms. The Hall–Kier alpha value is -1.74. The zero-order chi connectivity index (χ0) is 14.3. The van der Waals surface area contributed by atoms with Gasteiger partial charge in [-0.3, -0.25) is 4.68 Å². The van der Waals surface area contributed by atoms with Gasteiger partial charge in [0.2, 0.25) is 0 Å². The van der Waals surface area contributed by atoms with E-state index in [-0.39, 0.29) is 0 Å². The first-order valence-electron chi connectivity index (χ1n) is 6.84. The van der Waals surface area contributed by atoms with Crippen molar-refractivity contribution in [3.05, 3.63) is 46.6 Å². The molecule has 0 N–H and O–H groups in total. The summed E-state index contributed by atoms with van der Waals surface area (Å²) in [6.45, 7) is 6.89. The number of fused-ring (bicyclic) bond motifs is 1. The van der Waals surface area contributed by atoms with Crippen LogP contribution < -0.4 is 4.90 Å². The Morgan fingerprint density at radius 2 is 2.20 bits per heavy atom. The second kappa shape index (κ2) is 4.98. The minimum absolute atomic E-state index is 0.781. The van der Waals surface area contributed by atoms with E-state index in [2.05, 4.69) is 28.7 Å². The van der Waals surface area contributed by atoms with Crippen molar-refractivity contribution in [2.24, 2.45) is 7.05 Å². The van der Waals surface area contributed by atoms with E-state index in [4.69, 9.17) is 11.6 Å². The minimum atomic E-state index is 0.781. The highest BCUT2D eigenvalue weighted by molar-refractivity contribution is 6.33. The molecule has 0 saturated heterocycles. The molecule has 0 saturated carbocycles. The summed E-state index contributed by atoms with van der Waals surface area (Å²) < 4.78 is 1.90. The van der Waals surface area contributed by atoms with E-state index >= 15 is 0 Å². The van der Waals surface area contributed by atoms with Gasteiger partial charge in [0, 0.05) is 19.2 Å². The molecule has 20 heavy (non-hydrogen) atoms. The summed E-state index contributed by atoms with van der Waals surface area (Å²) in [6, 6.07) is 6.17. The van der Waals surface area contributed by atoms with Crippen LogP contribution in [0.5, 0.6) is 0 Å². The second-order valence-corrected chi connectivity index (χ2v) is 5.63. The maximum absolute atomic E-state index is 6.41. The summed E-state index contributed by atoms with van der Waals surface area (Å²) in [6.07, 6.45) is 4.03. The Morgan fingerprint density at radius 3 is 2.90 bits per heavy atom. The third-order valence-electron chi connectivity index (χ3n) is 3.82. The number of benzene rings is 1. The minimum Gasteiger partial charge on any atom is -0.323 e. The van der Waals surface area contributed by atoms with Gasteiger partial charge in [0.1, 0.15) is 0 Å². The molecule has 3 nitrogen and oxygen atoms in total. The maximum atomic E-state index is 6.41. The van der Waals surface area contributed by atoms with Crippen molar-refractivity contribution in [1.82, 2.24) is 9.78 Å². The van der Waals surface area contributed by atoms with Crippen LogP contribution in [0, 0.1) is 6.92 Å². The van der Waals surface area contributed by atoms with Gasteiger partial charge in [0.25, 0.3) is 0 Å². The molecule has 1 aliphatic rings. The lowest BCUT2D eigenvalue weighted by Crippen LogP contribution is -2.24. The molecule has 104 valence electrons. The van der Waals surface area contributed by atoms with Gasteiger partial charge in [-0.1, -0.05) is 24.2 Å². The van der Waals surface area contributed by atoms with Crippen LogP contribution in [0.2, 0.25) is 5.02 Å². The Balaban J connectivity index is 2.12. The quantitative estimate of drug-likeness (QED) is 0.829. The number of rotatable bonds is 2. The highest BCUT2D eigenvalue weighted by Crippen LogP contribution is 2.38. The molecule has 1 aliphatic heterocycles. The molecule has 0 fully saturated rings. The summed E-state index contributed by atoms with van der Waals surface area (Å²) >= 11 is 6.41. The lowest BCUT2D eigenvalue weighted by molar-refractivity contribution is 0.740. The number of hydrogen-bond acceptors (Lipinski definition) is 2. The predicted octanol–water partition coefficient (Wildman–Crippen LogP) is 4.11. The van der Waals surface area contributed by atoms with Crippen LogP contribution in [0.1, 0.15) is 23.2 Å². The third-order valence-corrected chi connectivity index (χ3v) is 4.13. The van der Waals surface area contributed by atoms with Crippen LogP contribution >= 0.6 is 11.6 Å². The van der Waals surface area contributed by atoms with Crippen LogP contribution in [0.4, 0.5) is 11.5 Å². The lowest BCUT2D eigenvalue weighted by atomic mass is 10.0. The molecule has 0 bridgehead atoms. The van der Waals surface area contributed by atoms with Gasteiger partial charge in [-0.15, -0.1) is 0 Å². The van der Waals surface area contributed by atoms with Gasteiger partial charge >= 0.3 is 0 Å². The SMILES string of the molecule is C=Cc1c2c(nn1C)N(c1ccc(C)cc1Cl)CCC2. The van der Waals surface area contributed by atoms with E-state index in [1.165, 1.54) is 11.1 Å². The molecular weight excluding hydrogens is 270 g/mol. The Labute approximate surface area is 124 Å². The van der Waals surface area contributed by atoms with Crippen LogP contribution in [0.25, 0.3) is 6.08 Å². The summed E-state index contributed by atoms with van der Waals surface area (Å²) in [5.74, 6) is 1.01. The molecule has 2 heterocycles. The maximum Gasteiger partial charge on any atom is 0.158 e. The summed E-state index contributed by atoms with van der Waals surface area (Å²) in [5.41, 5.74) is 4.58. The molecule has 2 aromatic rings. The molecule has 1 aromatic carbocycles. The zero-order valence-corrected chi connectivity index (χ0v) is 12.6. The van der Waals surface area contributed by atoms with E-state index in [1.54, 1.807) is 0 Å². The number of halogens is 1. The Morgan fingerprint density at radius 1 is 1.40 bits per heavy atom. The van der Waals surface area contributed by atoms with E-state index in [0.717, 1.165) is 41.6 Å². The van der Waals surface area contributed by atoms with Crippen molar-refractivity contribution in [2.45, 2.75) is 19.8 Å². The number of nitrogens with zero attached hydrogens (tertiary/aromatic N) is 3. The number of aryl methyl sites for hydroxylation is 2. The highest BCUT2D eigenvalue weighted by atomic mass is 35.5. The van der Waals surface area contributed by atoms with E-state index in [1.807, 2.05) is 30.8 Å². The van der Waals surface area contributed by atoms with Crippen molar-refractivity contribution in [3.63, 3.8) is 0 Å². The summed E-state index contributed by atoms with van der Waals surface area (Å²) in [5, 5.41) is 5.44. The van der Waals surface area contributed by atoms with Crippen LogP contribution in [-0.4, -0.2) is 16.3 Å².